The molecule has 0 aliphatic carbocycles. The molecule has 16 heteroatoms. The van der Waals surface area contributed by atoms with E-state index in [1.165, 1.54) is 25.3 Å². The topological polar surface area (TPSA) is 139 Å². The molecule has 2 aromatic carbocycles. The van der Waals surface area contributed by atoms with Crippen molar-refractivity contribution in [2.24, 2.45) is 0 Å². The van der Waals surface area contributed by atoms with Crippen molar-refractivity contribution >= 4 is 33.6 Å². The number of alkyl halides is 3. The number of amides is 1. The number of methoxy groups -OCH3 is 1. The van der Waals surface area contributed by atoms with Crippen molar-refractivity contribution in [1.29, 1.82) is 0 Å². The minimum absolute atomic E-state index is 0.0250. The first kappa shape index (κ1) is 31.7. The number of hydrogen-bond acceptors (Lipinski definition) is 8. The molecule has 0 saturated carbocycles. The first-order chi connectivity index (χ1) is 19.4. The summed E-state index contributed by atoms with van der Waals surface area (Å²) < 4.78 is 83.3. The van der Waals surface area contributed by atoms with Gasteiger partial charge in [-0.25, -0.2) is 9.78 Å². The van der Waals surface area contributed by atoms with E-state index in [0.29, 0.717) is 12.3 Å². The van der Waals surface area contributed by atoms with Gasteiger partial charge in [0.05, 0.1) is 18.7 Å². The Morgan fingerprint density at radius 3 is 2.46 bits per heavy atom. The summed E-state index contributed by atoms with van der Waals surface area (Å²) in [6, 6.07) is 13.6. The average molecular weight is 619 g/mol. The van der Waals surface area contributed by atoms with Crippen molar-refractivity contribution in [3.63, 3.8) is 0 Å². The summed E-state index contributed by atoms with van der Waals surface area (Å²) in [6.07, 6.45) is -5.97. The van der Waals surface area contributed by atoms with E-state index in [1.54, 1.807) is 24.3 Å². The van der Waals surface area contributed by atoms with Gasteiger partial charge >= 0.3 is 22.5 Å². The third-order valence-electron chi connectivity index (χ3n) is 5.27. The lowest BCUT2D eigenvalue weighted by Crippen LogP contribution is -2.44. The van der Waals surface area contributed by atoms with Crippen LogP contribution in [-0.4, -0.2) is 62.3 Å². The number of pyridine rings is 1. The number of ether oxygens (including phenoxy) is 3. The molecular formula is C25H26ClF3N4O7S. The number of nitrogens with one attached hydrogen (secondary N) is 2. The Labute approximate surface area is 239 Å². The van der Waals surface area contributed by atoms with E-state index >= 15 is 0 Å². The summed E-state index contributed by atoms with van der Waals surface area (Å²) in [4.78, 5) is 15.6. The predicted octanol–water partition coefficient (Wildman–Crippen LogP) is 5.00. The number of rotatable bonds is 14. The molecule has 0 spiro atoms. The largest absolute Gasteiger partial charge is 0.491 e. The molecule has 0 radical (unpaired) electrons. The van der Waals surface area contributed by atoms with Gasteiger partial charge in [-0.1, -0.05) is 29.8 Å². The van der Waals surface area contributed by atoms with Crippen LogP contribution in [0.2, 0.25) is 5.02 Å². The van der Waals surface area contributed by atoms with Crippen LogP contribution in [0.3, 0.4) is 0 Å². The number of anilines is 1. The minimum atomic E-state index is -4.70. The van der Waals surface area contributed by atoms with Gasteiger partial charge in [-0.3, -0.25) is 0 Å². The highest BCUT2D eigenvalue weighted by Gasteiger charge is 2.32. The van der Waals surface area contributed by atoms with Crippen molar-refractivity contribution < 1.29 is 45.7 Å². The summed E-state index contributed by atoms with van der Waals surface area (Å²) in [5.41, 5.74) is -0.341. The molecule has 0 bridgehead atoms. The summed E-state index contributed by atoms with van der Waals surface area (Å²) in [5.74, 6) is -0.357. The molecule has 0 saturated heterocycles. The van der Waals surface area contributed by atoms with E-state index in [-0.39, 0.29) is 47.7 Å². The van der Waals surface area contributed by atoms with Crippen molar-refractivity contribution in [3.8, 4) is 17.4 Å². The molecule has 1 aromatic heterocycles. The number of nitrogens with zero attached hydrogens (tertiary/aromatic N) is 2. The van der Waals surface area contributed by atoms with Gasteiger partial charge in [0.2, 0.25) is 5.88 Å². The molecule has 0 atom stereocenters. The first-order valence-electron chi connectivity index (χ1n) is 11.8. The lowest BCUT2D eigenvalue weighted by molar-refractivity contribution is -0.137. The molecule has 3 rings (SSSR count). The van der Waals surface area contributed by atoms with E-state index < -0.39 is 45.5 Å². The van der Waals surface area contributed by atoms with Crippen molar-refractivity contribution in [1.82, 2.24) is 14.0 Å². The molecular weight excluding hydrogens is 593 g/mol. The van der Waals surface area contributed by atoms with Crippen LogP contribution >= 0.6 is 11.6 Å². The van der Waals surface area contributed by atoms with Crippen LogP contribution in [0.25, 0.3) is 0 Å². The molecule has 3 N–H and O–H groups in total. The normalized spacial score (nSPS) is 11.6. The van der Waals surface area contributed by atoms with Gasteiger partial charge in [0.25, 0.3) is 0 Å². The van der Waals surface area contributed by atoms with Crippen molar-refractivity contribution in [3.05, 3.63) is 76.9 Å². The molecule has 222 valence electrons. The van der Waals surface area contributed by atoms with Gasteiger partial charge in [-0.05, 0) is 30.3 Å². The van der Waals surface area contributed by atoms with Gasteiger partial charge in [-0.2, -0.15) is 30.6 Å². The Morgan fingerprint density at radius 2 is 1.83 bits per heavy atom. The van der Waals surface area contributed by atoms with Crippen LogP contribution < -0.4 is 19.5 Å². The smallest absolute Gasteiger partial charge is 0.422 e. The highest BCUT2D eigenvalue weighted by molar-refractivity contribution is 7.87. The van der Waals surface area contributed by atoms with Crippen LogP contribution in [-0.2, 0) is 27.7 Å². The number of halogens is 4. The molecule has 0 fully saturated rings. The van der Waals surface area contributed by atoms with E-state index in [4.69, 9.17) is 25.8 Å². The minimum Gasteiger partial charge on any atom is -0.491 e. The Balaban J connectivity index is 1.83. The molecule has 0 aliphatic heterocycles. The lowest BCUT2D eigenvalue weighted by Gasteiger charge is -2.22. The van der Waals surface area contributed by atoms with Crippen molar-refractivity contribution in [2.45, 2.75) is 12.7 Å². The standard InChI is InChI=1S/C25H26ClF3N4O7S/c1-38-11-12-39-20-8-7-17(22(14-20)40-23-21(26)13-18(15-31-23)25(27,28)29)16-33(24(34)35)41(36,37)32-10-9-30-19-5-3-2-4-6-19/h2-8,13-15,30,32H,9-12,16H2,1H3,(H,34,35). The van der Waals surface area contributed by atoms with E-state index in [9.17, 15) is 31.5 Å². The third kappa shape index (κ3) is 9.38. The summed E-state index contributed by atoms with van der Waals surface area (Å²) in [6.45, 7) is -0.327. The van der Waals surface area contributed by atoms with Crippen LogP contribution in [0, 0.1) is 0 Å². The number of carboxylic acid groups (broad SMARTS) is 1. The van der Waals surface area contributed by atoms with Gasteiger partial charge in [-0.15, -0.1) is 0 Å². The van der Waals surface area contributed by atoms with Gasteiger partial charge in [0.1, 0.15) is 23.1 Å². The fourth-order valence-electron chi connectivity index (χ4n) is 3.28. The zero-order valence-electron chi connectivity index (χ0n) is 21.5. The van der Waals surface area contributed by atoms with Crippen LogP contribution in [0.15, 0.2) is 60.8 Å². The number of aromatic nitrogens is 1. The van der Waals surface area contributed by atoms with Gasteiger partial charge in [0, 0.05) is 43.7 Å². The Hall–Kier alpha value is -3.79. The summed E-state index contributed by atoms with van der Waals surface area (Å²) >= 11 is 5.97. The predicted molar refractivity (Wildman–Crippen MR) is 144 cm³/mol. The highest BCUT2D eigenvalue weighted by Crippen LogP contribution is 2.36. The highest BCUT2D eigenvalue weighted by atomic mass is 35.5. The van der Waals surface area contributed by atoms with E-state index in [2.05, 4.69) is 15.0 Å². The monoisotopic (exact) mass is 618 g/mol. The zero-order chi connectivity index (χ0) is 30.0. The van der Waals surface area contributed by atoms with Crippen molar-refractivity contribution in [2.75, 3.05) is 38.7 Å². The summed E-state index contributed by atoms with van der Waals surface area (Å²) in [5, 5.41) is 12.2. The van der Waals surface area contributed by atoms with Gasteiger partial charge in [0.15, 0.2) is 0 Å². The maximum Gasteiger partial charge on any atom is 0.422 e. The second-order valence-corrected chi connectivity index (χ2v) is 10.3. The molecule has 1 heterocycles. The third-order valence-corrected chi connectivity index (χ3v) is 6.97. The second kappa shape index (κ2) is 14.2. The molecule has 0 unspecified atom stereocenters. The lowest BCUT2D eigenvalue weighted by atomic mass is 10.2. The first-order valence-corrected chi connectivity index (χ1v) is 13.7. The fraction of sp³-hybridized carbons (Fsp3) is 0.280. The molecule has 0 aliphatic rings. The second-order valence-electron chi connectivity index (χ2n) is 8.20. The Bertz CT molecular complexity index is 1430. The van der Waals surface area contributed by atoms with Crippen LogP contribution in [0.1, 0.15) is 11.1 Å². The fourth-order valence-corrected chi connectivity index (χ4v) is 4.52. The number of para-hydroxylation sites is 1. The van der Waals surface area contributed by atoms with Crippen LogP contribution in [0.4, 0.5) is 23.7 Å². The maximum absolute atomic E-state index is 13.0. The van der Waals surface area contributed by atoms with E-state index in [0.717, 1.165) is 5.69 Å². The summed E-state index contributed by atoms with van der Waals surface area (Å²) in [7, 11) is -3.08. The molecule has 11 nitrogen and oxygen atoms in total. The molecule has 1 amide bonds. The molecule has 41 heavy (non-hydrogen) atoms. The quantitative estimate of drug-likeness (QED) is 0.213. The number of hydrogen-bond donors (Lipinski definition) is 3. The SMILES string of the molecule is COCCOc1ccc(CN(C(=O)O)S(=O)(=O)NCCNc2ccccc2)c(Oc2ncc(C(F)(F)F)cc2Cl)c1. The maximum atomic E-state index is 13.0. The Morgan fingerprint density at radius 1 is 1.10 bits per heavy atom. The zero-order valence-corrected chi connectivity index (χ0v) is 23.1. The number of benzene rings is 2. The average Bonchev–Trinajstić information content (AvgIpc) is 2.91. The van der Waals surface area contributed by atoms with Crippen LogP contribution in [0.5, 0.6) is 17.4 Å². The molecule has 3 aromatic rings. The van der Waals surface area contributed by atoms with Gasteiger partial charge < -0.3 is 24.6 Å². The van der Waals surface area contributed by atoms with E-state index in [1.807, 2.05) is 6.07 Å². The Kier molecular flexibility index (Phi) is 11.0. The number of carbonyl (C=O) groups is 1.